The predicted molar refractivity (Wildman–Crippen MR) is 160 cm³/mol. The van der Waals surface area contributed by atoms with Crippen molar-refractivity contribution in [2.45, 2.75) is 25.3 Å². The predicted octanol–water partition coefficient (Wildman–Crippen LogP) is 4.81. The van der Waals surface area contributed by atoms with Crippen molar-refractivity contribution < 1.29 is 4.74 Å². The number of likely N-dealkylation sites (N-methyl/N-ethyl adjacent to an activating group) is 1. The summed E-state index contributed by atoms with van der Waals surface area (Å²) in [4.78, 5) is 16.6. The van der Waals surface area contributed by atoms with Gasteiger partial charge in [0, 0.05) is 75.0 Å². The number of methoxy groups -OCH3 is 1. The maximum absolute atomic E-state index is 6.43. The van der Waals surface area contributed by atoms with Gasteiger partial charge in [0.1, 0.15) is 10.8 Å². The Balaban J connectivity index is 1.11. The van der Waals surface area contributed by atoms with Crippen molar-refractivity contribution in [3.63, 3.8) is 0 Å². The molecular formula is C29H37ClN8O. The number of piperazine rings is 1. The summed E-state index contributed by atoms with van der Waals surface area (Å²) < 4.78 is 5.76. The lowest BCUT2D eigenvalue weighted by Gasteiger charge is -2.42. The summed E-state index contributed by atoms with van der Waals surface area (Å²) in [6.45, 7) is 7.80. The Labute approximate surface area is 235 Å². The van der Waals surface area contributed by atoms with Crippen molar-refractivity contribution in [3.05, 3.63) is 53.2 Å². The van der Waals surface area contributed by atoms with Crippen LogP contribution in [0.5, 0.6) is 5.75 Å². The topological polar surface area (TPSA) is 80.8 Å². The van der Waals surface area contributed by atoms with Gasteiger partial charge in [0.2, 0.25) is 5.95 Å². The second kappa shape index (κ2) is 11.5. The minimum Gasteiger partial charge on any atom is -0.494 e. The minimum atomic E-state index is 0.445. The van der Waals surface area contributed by atoms with Crippen molar-refractivity contribution in [1.29, 1.82) is 0 Å². The highest BCUT2D eigenvalue weighted by molar-refractivity contribution is 6.32. The van der Waals surface area contributed by atoms with Crippen molar-refractivity contribution in [2.24, 2.45) is 0 Å². The molecule has 3 aliphatic heterocycles. The third kappa shape index (κ3) is 5.85. The van der Waals surface area contributed by atoms with Crippen LogP contribution < -0.4 is 25.6 Å². The van der Waals surface area contributed by atoms with Gasteiger partial charge < -0.3 is 30.5 Å². The maximum atomic E-state index is 6.43. The van der Waals surface area contributed by atoms with Gasteiger partial charge in [-0.05, 0) is 56.1 Å². The van der Waals surface area contributed by atoms with Crippen LogP contribution in [0.25, 0.3) is 0 Å². The van der Waals surface area contributed by atoms with Crippen LogP contribution >= 0.6 is 11.6 Å². The van der Waals surface area contributed by atoms with E-state index in [1.54, 1.807) is 13.3 Å². The van der Waals surface area contributed by atoms with E-state index in [-0.39, 0.29) is 0 Å². The lowest BCUT2D eigenvalue weighted by Crippen LogP contribution is -2.52. The number of piperidine rings is 1. The number of fused-ring (bicyclic) bond motifs is 1. The van der Waals surface area contributed by atoms with Crippen molar-refractivity contribution >= 4 is 46.1 Å². The number of hydrogen-bond donors (Lipinski definition) is 3. The van der Waals surface area contributed by atoms with Crippen LogP contribution in [0.15, 0.2) is 42.6 Å². The Morgan fingerprint density at radius 2 is 1.82 bits per heavy atom. The van der Waals surface area contributed by atoms with Crippen LogP contribution in [0.2, 0.25) is 5.02 Å². The van der Waals surface area contributed by atoms with Crippen LogP contribution in [-0.2, 0) is 6.42 Å². The van der Waals surface area contributed by atoms with Crippen molar-refractivity contribution in [1.82, 2.24) is 19.8 Å². The fraction of sp³-hybridized carbons (Fsp3) is 0.448. The normalized spacial score (nSPS) is 18.5. The third-order valence-corrected chi connectivity index (χ3v) is 8.42. The Morgan fingerprint density at radius 1 is 1.00 bits per heavy atom. The van der Waals surface area contributed by atoms with Gasteiger partial charge in [-0.15, -0.1) is 0 Å². The van der Waals surface area contributed by atoms with Gasteiger partial charge in [0.25, 0.3) is 0 Å². The van der Waals surface area contributed by atoms with E-state index in [0.29, 0.717) is 22.8 Å². The molecule has 4 heterocycles. The minimum absolute atomic E-state index is 0.445. The highest BCUT2D eigenvalue weighted by atomic mass is 35.5. The molecule has 2 fully saturated rings. The van der Waals surface area contributed by atoms with E-state index in [4.69, 9.17) is 16.3 Å². The first-order valence-electron chi connectivity index (χ1n) is 13.8. The number of nitrogens with one attached hydrogen (secondary N) is 3. The number of aromatic nitrogens is 2. The van der Waals surface area contributed by atoms with E-state index in [1.807, 2.05) is 12.1 Å². The van der Waals surface area contributed by atoms with Crippen LogP contribution in [0.3, 0.4) is 0 Å². The molecule has 0 bridgehead atoms. The molecule has 3 N–H and O–H groups in total. The number of rotatable bonds is 7. The Morgan fingerprint density at radius 3 is 2.62 bits per heavy atom. The Bertz CT molecular complexity index is 1300. The third-order valence-electron chi connectivity index (χ3n) is 8.14. The van der Waals surface area contributed by atoms with Crippen molar-refractivity contribution in [2.75, 3.05) is 80.8 Å². The lowest BCUT2D eigenvalue weighted by atomic mass is 10.0. The molecule has 39 heavy (non-hydrogen) atoms. The summed E-state index contributed by atoms with van der Waals surface area (Å²) in [6, 6.07) is 13.2. The Kier molecular flexibility index (Phi) is 7.63. The van der Waals surface area contributed by atoms with Gasteiger partial charge in [0.05, 0.1) is 19.0 Å². The quantitative estimate of drug-likeness (QED) is 0.385. The molecule has 6 rings (SSSR count). The van der Waals surface area contributed by atoms with Crippen LogP contribution in [-0.4, -0.2) is 85.8 Å². The number of ether oxygens (including phenoxy) is 1. The van der Waals surface area contributed by atoms with Crippen LogP contribution in [0, 0.1) is 0 Å². The number of halogens is 1. The van der Waals surface area contributed by atoms with E-state index in [2.05, 4.69) is 71.9 Å². The zero-order valence-electron chi connectivity index (χ0n) is 22.7. The number of benzene rings is 2. The second-order valence-corrected chi connectivity index (χ2v) is 11.0. The number of anilines is 6. The molecule has 206 valence electrons. The fourth-order valence-corrected chi connectivity index (χ4v) is 5.94. The van der Waals surface area contributed by atoms with Crippen molar-refractivity contribution in [3.8, 4) is 5.75 Å². The molecule has 0 aliphatic carbocycles. The first-order chi connectivity index (χ1) is 19.1. The molecule has 9 nitrogen and oxygen atoms in total. The molecule has 0 saturated carbocycles. The van der Waals surface area contributed by atoms with Gasteiger partial charge in [-0.1, -0.05) is 17.7 Å². The molecule has 3 aliphatic rings. The lowest BCUT2D eigenvalue weighted by molar-refractivity contribution is 0.0982. The molecular weight excluding hydrogens is 512 g/mol. The average molecular weight is 549 g/mol. The van der Waals surface area contributed by atoms with Gasteiger partial charge in [-0.2, -0.15) is 4.98 Å². The molecule has 0 spiro atoms. The second-order valence-electron chi connectivity index (χ2n) is 10.6. The molecule has 0 amide bonds. The monoisotopic (exact) mass is 548 g/mol. The highest BCUT2D eigenvalue weighted by Crippen LogP contribution is 2.34. The Hall–Kier alpha value is -3.27. The molecule has 10 heteroatoms. The SMILES string of the molecule is COc1cc(N2CCC(N3CCN(C)CC3)CC2)ccc1Nc1ncc(Cl)c(Nc2ccc3c(c2)NCC3)n1. The molecule has 1 aromatic heterocycles. The van der Waals surface area contributed by atoms with E-state index < -0.39 is 0 Å². The maximum Gasteiger partial charge on any atom is 0.229 e. The first-order valence-corrected chi connectivity index (χ1v) is 14.2. The summed E-state index contributed by atoms with van der Waals surface area (Å²) in [5.41, 5.74) is 5.39. The molecule has 0 atom stereocenters. The molecule has 0 unspecified atom stereocenters. The summed E-state index contributed by atoms with van der Waals surface area (Å²) in [5.74, 6) is 1.75. The fourth-order valence-electron chi connectivity index (χ4n) is 5.80. The van der Waals surface area contributed by atoms with E-state index in [1.165, 1.54) is 50.3 Å². The molecule has 2 aromatic carbocycles. The van der Waals surface area contributed by atoms with Gasteiger partial charge in [-0.3, -0.25) is 4.90 Å². The highest BCUT2D eigenvalue weighted by Gasteiger charge is 2.27. The zero-order chi connectivity index (χ0) is 26.8. The van der Waals surface area contributed by atoms with Crippen LogP contribution in [0.1, 0.15) is 18.4 Å². The zero-order valence-corrected chi connectivity index (χ0v) is 23.5. The van der Waals surface area contributed by atoms with Gasteiger partial charge in [-0.25, -0.2) is 4.98 Å². The van der Waals surface area contributed by atoms with E-state index >= 15 is 0 Å². The van der Waals surface area contributed by atoms with Gasteiger partial charge in [0.15, 0.2) is 5.82 Å². The van der Waals surface area contributed by atoms with E-state index in [9.17, 15) is 0 Å². The van der Waals surface area contributed by atoms with Gasteiger partial charge >= 0.3 is 0 Å². The standard InChI is InChI=1S/C29H37ClN8O/c1-36-13-15-38(16-14-36)22-8-11-37(12-9-22)23-5-6-25(27(18-23)39-2)34-29-32-19-24(30)28(35-29)33-21-4-3-20-7-10-31-26(20)17-21/h3-6,17-19,22,31H,7-16H2,1-2H3,(H2,32,33,34,35). The largest absolute Gasteiger partial charge is 0.494 e. The number of nitrogens with zero attached hydrogens (tertiary/aromatic N) is 5. The summed E-state index contributed by atoms with van der Waals surface area (Å²) >= 11 is 6.43. The molecule has 0 radical (unpaired) electrons. The summed E-state index contributed by atoms with van der Waals surface area (Å²) in [6.07, 6.45) is 5.05. The van der Waals surface area contributed by atoms with Crippen LogP contribution in [0.4, 0.5) is 34.5 Å². The molecule has 2 saturated heterocycles. The summed E-state index contributed by atoms with van der Waals surface area (Å²) in [5, 5.41) is 10.5. The van der Waals surface area contributed by atoms with E-state index in [0.717, 1.165) is 48.9 Å². The first kappa shape index (κ1) is 26.0. The smallest absolute Gasteiger partial charge is 0.229 e. The number of hydrogen-bond acceptors (Lipinski definition) is 9. The summed E-state index contributed by atoms with van der Waals surface area (Å²) in [7, 11) is 3.91. The molecule has 3 aromatic rings. The average Bonchev–Trinajstić information content (AvgIpc) is 3.44.